The van der Waals surface area contributed by atoms with E-state index in [0.717, 1.165) is 0 Å². The maximum Gasteiger partial charge on any atom is 0.307 e. The highest BCUT2D eigenvalue weighted by molar-refractivity contribution is 5.30. The lowest BCUT2D eigenvalue weighted by Gasteiger charge is -2.06. The van der Waals surface area contributed by atoms with Crippen molar-refractivity contribution in [1.29, 1.82) is 0 Å². The number of nitrogens with one attached hydrogen (secondary N) is 1. The summed E-state index contributed by atoms with van der Waals surface area (Å²) in [4.78, 5) is 16.2. The van der Waals surface area contributed by atoms with Gasteiger partial charge in [0, 0.05) is 14.1 Å². The van der Waals surface area contributed by atoms with Gasteiger partial charge in [0.1, 0.15) is 6.33 Å². The van der Waals surface area contributed by atoms with Gasteiger partial charge in [-0.05, 0) is 0 Å². The van der Waals surface area contributed by atoms with E-state index in [0.29, 0.717) is 5.82 Å². The van der Waals surface area contributed by atoms with Crippen molar-refractivity contribution < 1.29 is 0 Å². The lowest BCUT2D eigenvalue weighted by molar-refractivity contribution is 0.900. The highest BCUT2D eigenvalue weighted by atomic mass is 16.1. The number of hydrogen-bond donors (Lipinski definition) is 1. The molecule has 0 atom stereocenters. The zero-order valence-electron chi connectivity index (χ0n) is 5.83. The van der Waals surface area contributed by atoms with Crippen molar-refractivity contribution in [2.24, 2.45) is 0 Å². The van der Waals surface area contributed by atoms with Gasteiger partial charge in [-0.2, -0.15) is 5.10 Å². The molecule has 0 radical (unpaired) electrons. The third-order valence-corrected chi connectivity index (χ3v) is 1.03. The number of aromatic nitrogens is 3. The molecule has 5 nitrogen and oxygen atoms in total. The van der Waals surface area contributed by atoms with E-state index in [9.17, 15) is 4.79 Å². The Morgan fingerprint density at radius 2 is 2.30 bits per heavy atom. The maximum atomic E-state index is 10.8. The Hall–Kier alpha value is -1.39. The molecule has 0 saturated carbocycles. The van der Waals surface area contributed by atoms with Crippen molar-refractivity contribution in [3.05, 3.63) is 16.7 Å². The first-order valence-corrected chi connectivity index (χ1v) is 2.79. The second-order valence-electron chi connectivity index (χ2n) is 2.03. The van der Waals surface area contributed by atoms with Crippen LogP contribution in [-0.4, -0.2) is 29.3 Å². The summed E-state index contributed by atoms with van der Waals surface area (Å²) in [6.07, 6.45) is 1.30. The van der Waals surface area contributed by atoms with Gasteiger partial charge in [-0.25, -0.2) is 10.1 Å². The third-order valence-electron chi connectivity index (χ3n) is 1.03. The number of aromatic amines is 1. The summed E-state index contributed by atoms with van der Waals surface area (Å²) in [6, 6.07) is 0. The molecule has 0 spiro atoms. The van der Waals surface area contributed by atoms with E-state index >= 15 is 0 Å². The van der Waals surface area contributed by atoms with Gasteiger partial charge in [-0.15, -0.1) is 0 Å². The molecule has 0 amide bonds. The van der Waals surface area contributed by atoms with Crippen LogP contribution in [0.5, 0.6) is 0 Å². The topological polar surface area (TPSA) is 61.9 Å². The third kappa shape index (κ3) is 1.12. The van der Waals surface area contributed by atoms with Crippen LogP contribution in [0.3, 0.4) is 0 Å². The van der Waals surface area contributed by atoms with Crippen molar-refractivity contribution >= 4 is 5.82 Å². The number of rotatable bonds is 1. The Morgan fingerprint density at radius 1 is 1.60 bits per heavy atom. The van der Waals surface area contributed by atoms with Crippen LogP contribution < -0.4 is 10.5 Å². The minimum absolute atomic E-state index is 0.271. The van der Waals surface area contributed by atoms with Gasteiger partial charge >= 0.3 is 5.56 Å². The Bertz CT molecular complexity index is 266. The fourth-order valence-electron chi connectivity index (χ4n) is 0.598. The molecule has 0 aliphatic rings. The molecular weight excluding hydrogens is 132 g/mol. The number of hydrogen-bond acceptors (Lipinski definition) is 4. The summed E-state index contributed by atoms with van der Waals surface area (Å²) in [7, 11) is 3.50. The molecular formula is C5H8N4O. The zero-order chi connectivity index (χ0) is 7.56. The SMILES string of the molecule is CN(C)c1ncn[nH]c1=O. The molecule has 54 valence electrons. The normalized spacial score (nSPS) is 9.40. The van der Waals surface area contributed by atoms with Gasteiger partial charge in [0.2, 0.25) is 0 Å². The molecule has 0 aromatic carbocycles. The Balaban J connectivity index is 3.16. The zero-order valence-corrected chi connectivity index (χ0v) is 5.83. The van der Waals surface area contributed by atoms with E-state index in [2.05, 4.69) is 15.2 Å². The van der Waals surface area contributed by atoms with Crippen molar-refractivity contribution in [3.63, 3.8) is 0 Å². The molecule has 5 heteroatoms. The van der Waals surface area contributed by atoms with Gasteiger partial charge in [-0.1, -0.05) is 0 Å². The van der Waals surface area contributed by atoms with Gasteiger partial charge in [0.25, 0.3) is 0 Å². The van der Waals surface area contributed by atoms with Crippen LogP contribution in [0.4, 0.5) is 5.82 Å². The van der Waals surface area contributed by atoms with Crippen LogP contribution in [0.15, 0.2) is 11.1 Å². The summed E-state index contributed by atoms with van der Waals surface area (Å²) in [5.41, 5.74) is -0.271. The first-order chi connectivity index (χ1) is 4.72. The van der Waals surface area contributed by atoms with E-state index in [4.69, 9.17) is 0 Å². The van der Waals surface area contributed by atoms with Gasteiger partial charge in [-0.3, -0.25) is 4.79 Å². The molecule has 1 aromatic rings. The van der Waals surface area contributed by atoms with E-state index in [1.54, 1.807) is 19.0 Å². The summed E-state index contributed by atoms with van der Waals surface area (Å²) >= 11 is 0. The standard InChI is InChI=1S/C5H8N4O/c1-9(2)4-5(10)8-7-3-6-4/h3H,1-2H3,(H,8,10). The number of H-pyrrole nitrogens is 1. The Labute approximate surface area is 57.7 Å². The molecule has 0 unspecified atom stereocenters. The number of nitrogens with zero attached hydrogens (tertiary/aromatic N) is 3. The molecule has 0 fully saturated rings. The molecule has 1 heterocycles. The molecule has 0 bridgehead atoms. The molecule has 0 aliphatic carbocycles. The average molecular weight is 140 g/mol. The Morgan fingerprint density at radius 3 is 2.70 bits per heavy atom. The quantitative estimate of drug-likeness (QED) is 0.556. The lowest BCUT2D eigenvalue weighted by Crippen LogP contribution is -2.22. The van der Waals surface area contributed by atoms with Crippen LogP contribution in [0.25, 0.3) is 0 Å². The van der Waals surface area contributed by atoms with Crippen molar-refractivity contribution in [1.82, 2.24) is 15.2 Å². The van der Waals surface area contributed by atoms with Crippen LogP contribution in [0.1, 0.15) is 0 Å². The fourth-order valence-corrected chi connectivity index (χ4v) is 0.598. The predicted octanol–water partition coefficient (Wildman–Crippen LogP) is -0.769. The maximum absolute atomic E-state index is 10.8. The molecule has 1 rings (SSSR count). The Kier molecular flexibility index (Phi) is 1.66. The van der Waals surface area contributed by atoms with Crippen molar-refractivity contribution in [2.45, 2.75) is 0 Å². The molecule has 1 N–H and O–H groups in total. The molecule has 0 aliphatic heterocycles. The van der Waals surface area contributed by atoms with E-state index < -0.39 is 0 Å². The largest absolute Gasteiger partial charge is 0.358 e. The second kappa shape index (κ2) is 2.47. The summed E-state index contributed by atoms with van der Waals surface area (Å²) in [5.74, 6) is 0.370. The number of anilines is 1. The second-order valence-corrected chi connectivity index (χ2v) is 2.03. The van der Waals surface area contributed by atoms with E-state index in [-0.39, 0.29) is 5.56 Å². The average Bonchev–Trinajstić information content (AvgIpc) is 1.88. The smallest absolute Gasteiger partial charge is 0.307 e. The van der Waals surface area contributed by atoms with Crippen LogP contribution >= 0.6 is 0 Å². The molecule has 0 saturated heterocycles. The van der Waals surface area contributed by atoms with E-state index in [1.807, 2.05) is 0 Å². The van der Waals surface area contributed by atoms with Crippen LogP contribution in [0.2, 0.25) is 0 Å². The van der Waals surface area contributed by atoms with Gasteiger partial charge < -0.3 is 4.90 Å². The lowest BCUT2D eigenvalue weighted by atomic mass is 10.6. The monoisotopic (exact) mass is 140 g/mol. The summed E-state index contributed by atoms with van der Waals surface area (Å²) in [6.45, 7) is 0. The van der Waals surface area contributed by atoms with Gasteiger partial charge in [0.15, 0.2) is 5.82 Å². The van der Waals surface area contributed by atoms with Crippen LogP contribution in [-0.2, 0) is 0 Å². The fraction of sp³-hybridized carbons (Fsp3) is 0.400. The van der Waals surface area contributed by atoms with Gasteiger partial charge in [0.05, 0.1) is 0 Å². The highest BCUT2D eigenvalue weighted by Gasteiger charge is 1.99. The summed E-state index contributed by atoms with van der Waals surface area (Å²) in [5, 5.41) is 5.72. The minimum Gasteiger partial charge on any atom is -0.358 e. The first kappa shape index (κ1) is 6.73. The van der Waals surface area contributed by atoms with Crippen molar-refractivity contribution in [2.75, 3.05) is 19.0 Å². The predicted molar refractivity (Wildman–Crippen MR) is 37.0 cm³/mol. The van der Waals surface area contributed by atoms with Crippen LogP contribution in [0, 0.1) is 0 Å². The highest BCUT2D eigenvalue weighted by Crippen LogP contribution is 1.91. The first-order valence-electron chi connectivity index (χ1n) is 2.79. The molecule has 1 aromatic heterocycles. The van der Waals surface area contributed by atoms with E-state index in [1.165, 1.54) is 6.33 Å². The van der Waals surface area contributed by atoms with Crippen molar-refractivity contribution in [3.8, 4) is 0 Å². The summed E-state index contributed by atoms with van der Waals surface area (Å²) < 4.78 is 0. The molecule has 10 heavy (non-hydrogen) atoms. The minimum atomic E-state index is -0.271.